The van der Waals surface area contributed by atoms with Gasteiger partial charge >= 0.3 is 0 Å². The van der Waals surface area contributed by atoms with Crippen molar-refractivity contribution < 1.29 is 32.5 Å². The molecule has 4 atom stereocenters. The summed E-state index contributed by atoms with van der Waals surface area (Å²) in [5.74, 6) is 1.09. The van der Waals surface area contributed by atoms with Crippen LogP contribution in [0.15, 0.2) is 161 Å². The molecule has 1 saturated heterocycles. The van der Waals surface area contributed by atoms with E-state index in [1.807, 2.05) is 134 Å². The molecule has 9 nitrogen and oxygen atoms in total. The van der Waals surface area contributed by atoms with Crippen molar-refractivity contribution in [3.8, 4) is 16.9 Å². The number of thioether (sulfide) groups is 1. The molecule has 59 heavy (non-hydrogen) atoms. The van der Waals surface area contributed by atoms with E-state index < -0.39 is 28.3 Å². The van der Waals surface area contributed by atoms with E-state index >= 15 is 0 Å². The van der Waals surface area contributed by atoms with E-state index in [4.69, 9.17) is 14.2 Å². The van der Waals surface area contributed by atoms with Gasteiger partial charge in [0.2, 0.25) is 15.9 Å². The van der Waals surface area contributed by atoms with Crippen LogP contribution in [0.5, 0.6) is 5.75 Å². The van der Waals surface area contributed by atoms with Crippen LogP contribution in [0.4, 0.5) is 0 Å². The number of sulfonamides is 1. The van der Waals surface area contributed by atoms with Gasteiger partial charge in [-0.25, -0.2) is 8.42 Å². The van der Waals surface area contributed by atoms with Crippen LogP contribution in [-0.2, 0) is 43.9 Å². The third kappa shape index (κ3) is 10.9. The molecule has 6 aromatic carbocycles. The summed E-state index contributed by atoms with van der Waals surface area (Å²) in [6.07, 6.45) is -0.124. The lowest BCUT2D eigenvalue weighted by molar-refractivity contribution is -0.245. The summed E-state index contributed by atoms with van der Waals surface area (Å²) in [5, 5.41) is 12.6. The maximum atomic E-state index is 13.8. The Hall–Kier alpha value is -5.27. The Kier molecular flexibility index (Phi) is 13.9. The molecule has 0 aromatic heterocycles. The topological polar surface area (TPSA) is 123 Å². The fraction of sp³-hybridized carbons (Fsp3) is 0.229. The van der Waals surface area contributed by atoms with E-state index in [9.17, 15) is 18.3 Å². The van der Waals surface area contributed by atoms with Gasteiger partial charge in [0.25, 0.3) is 0 Å². The molecule has 6 aromatic rings. The molecule has 1 heterocycles. The van der Waals surface area contributed by atoms with E-state index in [0.29, 0.717) is 12.2 Å². The summed E-state index contributed by atoms with van der Waals surface area (Å²) in [5.41, 5.74) is 7.23. The zero-order chi connectivity index (χ0) is 41.2. The first kappa shape index (κ1) is 41.9. The van der Waals surface area contributed by atoms with Crippen molar-refractivity contribution in [3.05, 3.63) is 185 Å². The highest BCUT2D eigenvalue weighted by atomic mass is 32.2. The van der Waals surface area contributed by atoms with Gasteiger partial charge in [0.15, 0.2) is 6.29 Å². The maximum Gasteiger partial charge on any atom is 0.241 e. The average molecular weight is 829 g/mol. The molecular formula is C48H48N2O7S2. The molecule has 0 saturated carbocycles. The number of hydrogen-bond donors (Lipinski definition) is 3. The van der Waals surface area contributed by atoms with Crippen molar-refractivity contribution in [3.63, 3.8) is 0 Å². The Labute approximate surface area is 350 Å². The monoisotopic (exact) mass is 828 g/mol. The van der Waals surface area contributed by atoms with Gasteiger partial charge < -0.3 is 24.6 Å². The lowest BCUT2D eigenvalue weighted by atomic mass is 9.97. The average Bonchev–Trinajstić information content (AvgIpc) is 3.28. The number of aliphatic hydroxyl groups excluding tert-OH is 1. The van der Waals surface area contributed by atoms with Crippen LogP contribution in [0, 0.1) is 6.92 Å². The van der Waals surface area contributed by atoms with Gasteiger partial charge in [-0.05, 0) is 71.0 Å². The maximum absolute atomic E-state index is 13.8. The van der Waals surface area contributed by atoms with Gasteiger partial charge in [-0.2, -0.15) is 4.72 Å². The number of ether oxygens (including phenoxy) is 3. The predicted molar refractivity (Wildman–Crippen MR) is 231 cm³/mol. The third-order valence-corrected chi connectivity index (χ3v) is 13.0. The van der Waals surface area contributed by atoms with Crippen molar-refractivity contribution in [2.24, 2.45) is 0 Å². The number of aryl methyl sites for hydroxylation is 1. The quantitative estimate of drug-likeness (QED) is 0.0829. The molecule has 1 amide bonds. The zero-order valence-corrected chi connectivity index (χ0v) is 34.6. The smallest absolute Gasteiger partial charge is 0.241 e. The number of amides is 1. The van der Waals surface area contributed by atoms with Crippen LogP contribution in [0.1, 0.15) is 52.2 Å². The number of hydrogen-bond acceptors (Lipinski definition) is 8. The van der Waals surface area contributed by atoms with E-state index in [1.165, 1.54) is 0 Å². The Morgan fingerprint density at radius 2 is 1.47 bits per heavy atom. The second-order valence-corrected chi connectivity index (χ2v) is 17.3. The number of rotatable bonds is 16. The molecule has 1 aliphatic rings. The lowest BCUT2D eigenvalue weighted by Crippen LogP contribution is -2.47. The minimum Gasteiger partial charge on any atom is -0.496 e. The molecule has 7 rings (SSSR count). The third-order valence-electron chi connectivity index (χ3n) is 10.3. The minimum absolute atomic E-state index is 0.0254. The summed E-state index contributed by atoms with van der Waals surface area (Å²) in [7, 11) is -2.31. The first-order valence-corrected chi connectivity index (χ1v) is 22.0. The van der Waals surface area contributed by atoms with E-state index in [1.54, 1.807) is 43.1 Å². The van der Waals surface area contributed by atoms with Crippen LogP contribution >= 0.6 is 11.8 Å². The van der Waals surface area contributed by atoms with Gasteiger partial charge in [-0.1, -0.05) is 133 Å². The number of carbonyl (C=O) groups is 1. The van der Waals surface area contributed by atoms with Gasteiger partial charge in [-0.3, -0.25) is 4.79 Å². The molecule has 0 radical (unpaired) electrons. The molecule has 1 aliphatic heterocycles. The Balaban J connectivity index is 1.07. The number of benzene rings is 6. The minimum atomic E-state index is -3.98. The van der Waals surface area contributed by atoms with Crippen LogP contribution in [0.3, 0.4) is 0 Å². The highest BCUT2D eigenvalue weighted by Gasteiger charge is 2.33. The fourth-order valence-electron chi connectivity index (χ4n) is 7.04. The molecular weight excluding hydrogens is 781 g/mol. The van der Waals surface area contributed by atoms with Gasteiger partial charge in [-0.15, -0.1) is 11.8 Å². The Bertz CT molecular complexity index is 2410. The standard InChI is InChI=1S/C48H48N2O7S2/c1-33-16-26-41(27-17-33)59(53,54)50-43(28-34-10-4-3-5-11-34)47(52)49-30-39-12-6-7-13-42(39)36-22-24-38(25-23-36)48-56-40(32-58-46-15-9-8-14-44(46)55-2)29-45(57-48)37-20-18-35(31-51)19-21-37/h3-27,40,43,45,48,50-51H,28-32H2,1-2H3,(H,49,52)/t40-,43+,45+,48+/m0/s1. The molecule has 0 aliphatic carbocycles. The van der Waals surface area contributed by atoms with Crippen molar-refractivity contribution in [1.29, 1.82) is 0 Å². The molecule has 0 unspecified atom stereocenters. The van der Waals surface area contributed by atoms with Crippen LogP contribution in [-0.4, -0.2) is 44.4 Å². The van der Waals surface area contributed by atoms with Crippen molar-refractivity contribution in [2.75, 3.05) is 12.9 Å². The molecule has 0 spiro atoms. The van der Waals surface area contributed by atoms with Gasteiger partial charge in [0, 0.05) is 29.2 Å². The SMILES string of the molecule is COc1ccccc1SC[C@@H]1C[C@H](c2ccc(CO)cc2)O[C@H](c2ccc(-c3ccccc3CNC(=O)[C@@H](Cc3ccccc3)NS(=O)(=O)c3ccc(C)cc3)cc2)O1. The second kappa shape index (κ2) is 19.7. The Morgan fingerprint density at radius 3 is 2.20 bits per heavy atom. The highest BCUT2D eigenvalue weighted by molar-refractivity contribution is 7.99. The number of para-hydroxylation sites is 1. The summed E-state index contributed by atoms with van der Waals surface area (Å²) in [6.45, 7) is 2.05. The van der Waals surface area contributed by atoms with Crippen molar-refractivity contribution in [1.82, 2.24) is 10.0 Å². The lowest BCUT2D eigenvalue weighted by Gasteiger charge is -2.36. The fourth-order valence-corrected chi connectivity index (χ4v) is 9.28. The largest absolute Gasteiger partial charge is 0.496 e. The van der Waals surface area contributed by atoms with Crippen molar-refractivity contribution in [2.45, 2.75) is 67.2 Å². The van der Waals surface area contributed by atoms with Gasteiger partial charge in [0.05, 0.1) is 30.8 Å². The normalized spacial score (nSPS) is 17.2. The summed E-state index contributed by atoms with van der Waals surface area (Å²) in [4.78, 5) is 15.0. The van der Waals surface area contributed by atoms with E-state index in [0.717, 1.165) is 55.2 Å². The first-order chi connectivity index (χ1) is 28.7. The number of nitrogens with one attached hydrogen (secondary N) is 2. The number of carbonyl (C=O) groups excluding carboxylic acids is 1. The molecule has 0 bridgehead atoms. The molecule has 304 valence electrons. The molecule has 1 fully saturated rings. The number of methoxy groups -OCH3 is 1. The highest BCUT2D eigenvalue weighted by Crippen LogP contribution is 2.41. The first-order valence-electron chi connectivity index (χ1n) is 19.5. The Morgan fingerprint density at radius 1 is 0.797 bits per heavy atom. The molecule has 11 heteroatoms. The summed E-state index contributed by atoms with van der Waals surface area (Å²) in [6, 6.07) is 46.6. The van der Waals surface area contributed by atoms with E-state index in [2.05, 4.69) is 10.0 Å². The van der Waals surface area contributed by atoms with Crippen LogP contribution < -0.4 is 14.8 Å². The van der Waals surface area contributed by atoms with Crippen molar-refractivity contribution >= 4 is 27.7 Å². The summed E-state index contributed by atoms with van der Waals surface area (Å²) >= 11 is 1.69. The van der Waals surface area contributed by atoms with Gasteiger partial charge in [0.1, 0.15) is 11.8 Å². The zero-order valence-electron chi connectivity index (χ0n) is 33.0. The van der Waals surface area contributed by atoms with E-state index in [-0.39, 0.29) is 36.7 Å². The number of aliphatic hydroxyl groups is 1. The second-order valence-electron chi connectivity index (χ2n) is 14.5. The summed E-state index contributed by atoms with van der Waals surface area (Å²) < 4.78 is 48.3. The predicted octanol–water partition coefficient (Wildman–Crippen LogP) is 8.71. The van der Waals surface area contributed by atoms with Crippen LogP contribution in [0.2, 0.25) is 0 Å². The van der Waals surface area contributed by atoms with Crippen LogP contribution in [0.25, 0.3) is 11.1 Å². The molecule has 3 N–H and O–H groups in total.